The molecular formula is C21H44N2. The first-order valence-corrected chi connectivity index (χ1v) is 10.6. The van der Waals surface area contributed by atoms with Crippen molar-refractivity contribution in [3.8, 4) is 0 Å². The first-order chi connectivity index (χ1) is 11.3. The van der Waals surface area contributed by atoms with Gasteiger partial charge in [-0.15, -0.1) is 0 Å². The normalized spacial score (nSPS) is 12.4. The molecule has 23 heavy (non-hydrogen) atoms. The molecule has 0 fully saturated rings. The Kier molecular flexibility index (Phi) is 19.4. The maximum absolute atomic E-state index is 7.03. The number of rotatable bonds is 19. The molecule has 2 heteroatoms. The van der Waals surface area contributed by atoms with Crippen molar-refractivity contribution in [2.45, 2.75) is 129 Å². The molecule has 2 nitrogen and oxygen atoms in total. The van der Waals surface area contributed by atoms with Crippen molar-refractivity contribution in [3.63, 3.8) is 0 Å². The third-order valence-electron chi connectivity index (χ3n) is 4.85. The van der Waals surface area contributed by atoms with Gasteiger partial charge in [0.2, 0.25) is 0 Å². The van der Waals surface area contributed by atoms with Crippen LogP contribution in [-0.4, -0.2) is 12.3 Å². The predicted molar refractivity (Wildman–Crippen MR) is 106 cm³/mol. The predicted octanol–water partition coefficient (Wildman–Crippen LogP) is 7.00. The number of hydrogen-bond donors (Lipinski definition) is 2. The van der Waals surface area contributed by atoms with Crippen molar-refractivity contribution in [3.05, 3.63) is 0 Å². The molecule has 0 aromatic rings. The van der Waals surface area contributed by atoms with E-state index in [9.17, 15) is 0 Å². The van der Waals surface area contributed by atoms with E-state index < -0.39 is 0 Å². The number of nitrogens with one attached hydrogen (secondary N) is 1. The second kappa shape index (κ2) is 19.7. The first-order valence-electron chi connectivity index (χ1n) is 10.6. The summed E-state index contributed by atoms with van der Waals surface area (Å²) >= 11 is 0. The minimum Gasteiger partial charge on any atom is -0.327 e. The van der Waals surface area contributed by atoms with E-state index >= 15 is 0 Å². The highest BCUT2D eigenvalue weighted by Crippen LogP contribution is 2.14. The standard InChI is InChI=1S/C21H44N2/c1-2-3-4-5-6-7-8-9-10-11-12-13-14-15-16-17-18-21(23)19-20-22/h20-22H,2-19,23H2,1H3. The zero-order valence-corrected chi connectivity index (χ0v) is 16.0. The van der Waals surface area contributed by atoms with Crippen LogP contribution in [-0.2, 0) is 0 Å². The van der Waals surface area contributed by atoms with Crippen molar-refractivity contribution in [2.75, 3.05) is 0 Å². The van der Waals surface area contributed by atoms with Gasteiger partial charge >= 0.3 is 0 Å². The molecule has 0 aliphatic heterocycles. The van der Waals surface area contributed by atoms with Gasteiger partial charge in [-0.1, -0.05) is 110 Å². The summed E-state index contributed by atoms with van der Waals surface area (Å²) in [4.78, 5) is 0. The summed E-state index contributed by atoms with van der Waals surface area (Å²) in [7, 11) is 0. The topological polar surface area (TPSA) is 49.9 Å². The molecular weight excluding hydrogens is 280 g/mol. The molecule has 0 bridgehead atoms. The lowest BCUT2D eigenvalue weighted by Crippen LogP contribution is -2.19. The number of unbranched alkanes of at least 4 members (excludes halogenated alkanes) is 15. The van der Waals surface area contributed by atoms with E-state index in [2.05, 4.69) is 6.92 Å². The molecule has 0 aliphatic carbocycles. The molecule has 0 aliphatic rings. The summed E-state index contributed by atoms with van der Waals surface area (Å²) < 4.78 is 0. The van der Waals surface area contributed by atoms with E-state index in [0.29, 0.717) is 0 Å². The average Bonchev–Trinajstić information content (AvgIpc) is 2.54. The zero-order chi connectivity index (χ0) is 17.0. The smallest absolute Gasteiger partial charge is 0.00881 e. The summed E-state index contributed by atoms with van der Waals surface area (Å²) in [5.41, 5.74) is 5.89. The van der Waals surface area contributed by atoms with Crippen LogP contribution in [0.25, 0.3) is 0 Å². The Morgan fingerprint density at radius 2 is 1.00 bits per heavy atom. The minimum absolute atomic E-state index is 0.221. The highest BCUT2D eigenvalue weighted by atomic mass is 14.6. The zero-order valence-electron chi connectivity index (χ0n) is 16.0. The van der Waals surface area contributed by atoms with E-state index in [1.807, 2.05) is 0 Å². The van der Waals surface area contributed by atoms with E-state index in [1.165, 1.54) is 109 Å². The fourth-order valence-corrected chi connectivity index (χ4v) is 3.22. The van der Waals surface area contributed by atoms with E-state index in [4.69, 9.17) is 11.1 Å². The molecule has 0 radical (unpaired) electrons. The van der Waals surface area contributed by atoms with Crippen LogP contribution in [0.15, 0.2) is 0 Å². The largest absolute Gasteiger partial charge is 0.327 e. The van der Waals surface area contributed by atoms with Crippen LogP contribution in [0.3, 0.4) is 0 Å². The quantitative estimate of drug-likeness (QED) is 0.195. The van der Waals surface area contributed by atoms with Crippen LogP contribution in [0.2, 0.25) is 0 Å². The molecule has 0 saturated heterocycles. The third kappa shape index (κ3) is 19.6. The molecule has 3 N–H and O–H groups in total. The molecule has 138 valence electrons. The molecule has 1 unspecified atom stereocenters. The van der Waals surface area contributed by atoms with Gasteiger partial charge in [-0.2, -0.15) is 0 Å². The van der Waals surface area contributed by atoms with Crippen molar-refractivity contribution < 1.29 is 0 Å². The Bertz CT molecular complexity index is 228. The van der Waals surface area contributed by atoms with Crippen molar-refractivity contribution >= 4 is 6.21 Å². The highest BCUT2D eigenvalue weighted by Gasteiger charge is 1.99. The summed E-state index contributed by atoms with van der Waals surface area (Å²) in [6.07, 6.45) is 25.9. The lowest BCUT2D eigenvalue weighted by atomic mass is 10.0. The third-order valence-corrected chi connectivity index (χ3v) is 4.85. The van der Waals surface area contributed by atoms with Gasteiger partial charge in [0.25, 0.3) is 0 Å². The van der Waals surface area contributed by atoms with Gasteiger partial charge in [-0.25, -0.2) is 0 Å². The van der Waals surface area contributed by atoms with Crippen LogP contribution in [0.4, 0.5) is 0 Å². The summed E-state index contributed by atoms with van der Waals surface area (Å²) in [6.45, 7) is 2.29. The molecule has 1 atom stereocenters. The molecule has 0 saturated carbocycles. The Hall–Kier alpha value is -0.370. The molecule has 0 heterocycles. The van der Waals surface area contributed by atoms with Gasteiger partial charge in [0.15, 0.2) is 0 Å². The molecule has 0 amide bonds. The lowest BCUT2D eigenvalue weighted by molar-refractivity contribution is 0.517. The number of hydrogen-bond acceptors (Lipinski definition) is 2. The van der Waals surface area contributed by atoms with E-state index in [1.54, 1.807) is 0 Å². The number of nitrogens with two attached hydrogens (primary N) is 1. The Morgan fingerprint density at radius 3 is 1.35 bits per heavy atom. The second-order valence-corrected chi connectivity index (χ2v) is 7.29. The van der Waals surface area contributed by atoms with E-state index in [0.717, 1.165) is 12.8 Å². The summed E-state index contributed by atoms with van der Waals surface area (Å²) in [5.74, 6) is 0. The van der Waals surface area contributed by atoms with Gasteiger partial charge in [0.05, 0.1) is 0 Å². The van der Waals surface area contributed by atoms with Gasteiger partial charge in [0.1, 0.15) is 0 Å². The fraction of sp³-hybridized carbons (Fsp3) is 0.952. The van der Waals surface area contributed by atoms with Crippen LogP contribution in [0.5, 0.6) is 0 Å². The summed E-state index contributed by atoms with van der Waals surface area (Å²) in [5, 5.41) is 7.03. The van der Waals surface area contributed by atoms with Crippen LogP contribution in [0, 0.1) is 5.41 Å². The van der Waals surface area contributed by atoms with Crippen LogP contribution < -0.4 is 5.73 Å². The summed E-state index contributed by atoms with van der Waals surface area (Å²) in [6, 6.07) is 0.221. The van der Waals surface area contributed by atoms with E-state index in [-0.39, 0.29) is 6.04 Å². The van der Waals surface area contributed by atoms with Crippen molar-refractivity contribution in [1.82, 2.24) is 0 Å². The maximum Gasteiger partial charge on any atom is 0.00881 e. The molecule has 0 aromatic carbocycles. The average molecular weight is 325 g/mol. The first kappa shape index (κ1) is 22.6. The Morgan fingerprint density at radius 1 is 0.652 bits per heavy atom. The minimum atomic E-state index is 0.221. The Labute approximate surface area is 146 Å². The molecule has 0 spiro atoms. The van der Waals surface area contributed by atoms with Gasteiger partial charge < -0.3 is 11.1 Å². The van der Waals surface area contributed by atoms with Gasteiger partial charge in [-0.3, -0.25) is 0 Å². The molecule has 0 aromatic heterocycles. The maximum atomic E-state index is 7.03. The van der Waals surface area contributed by atoms with Crippen molar-refractivity contribution in [1.29, 1.82) is 5.41 Å². The van der Waals surface area contributed by atoms with Crippen LogP contribution in [0.1, 0.15) is 122 Å². The highest BCUT2D eigenvalue weighted by molar-refractivity contribution is 5.53. The monoisotopic (exact) mass is 324 g/mol. The fourth-order valence-electron chi connectivity index (χ4n) is 3.22. The van der Waals surface area contributed by atoms with Gasteiger partial charge in [-0.05, 0) is 19.1 Å². The van der Waals surface area contributed by atoms with Crippen molar-refractivity contribution in [2.24, 2.45) is 5.73 Å². The Balaban J connectivity index is 3.01. The van der Waals surface area contributed by atoms with Gasteiger partial charge in [0, 0.05) is 6.04 Å². The second-order valence-electron chi connectivity index (χ2n) is 7.29. The molecule has 0 rings (SSSR count). The van der Waals surface area contributed by atoms with Crippen LogP contribution >= 0.6 is 0 Å². The lowest BCUT2D eigenvalue weighted by Gasteiger charge is -2.07. The SMILES string of the molecule is CCCCCCCCCCCCCCCCCCC(N)CC=N.